The Morgan fingerprint density at radius 3 is 1.46 bits per heavy atom. The van der Waals surface area contributed by atoms with E-state index in [1.165, 1.54) is 63.4 Å². The SMILES string of the molecule is c1ccc(-c2nc(-c3ccc4sc5ccccc5c4c3)nc(-n3c4ccccc4c4ccc5c6ccccc6n(-c6cccc(-c7ccc8c9ccccc9c9ccccc9c8c7)c6)c5c43)n2)cc1. The number of nitrogens with zero attached hydrogens (tertiary/aromatic N) is 5. The number of hydrogen-bond acceptors (Lipinski definition) is 4. The van der Waals surface area contributed by atoms with E-state index < -0.39 is 0 Å². The van der Waals surface area contributed by atoms with Crippen LogP contribution in [0.5, 0.6) is 0 Å². The molecule has 0 fully saturated rings. The highest BCUT2D eigenvalue weighted by molar-refractivity contribution is 7.25. The van der Waals surface area contributed by atoms with Gasteiger partial charge in [0.05, 0.1) is 22.1 Å². The summed E-state index contributed by atoms with van der Waals surface area (Å²) in [6.45, 7) is 0. The Morgan fingerprint density at radius 1 is 0.275 bits per heavy atom. The fraction of sp³-hybridized carbons (Fsp3) is 0. The molecule has 5 nitrogen and oxygen atoms in total. The third-order valence-corrected chi connectivity index (χ3v) is 15.3. The summed E-state index contributed by atoms with van der Waals surface area (Å²) in [6, 6.07) is 81.1. The van der Waals surface area contributed by atoms with Crippen molar-refractivity contribution in [2.45, 2.75) is 0 Å². The zero-order valence-corrected chi connectivity index (χ0v) is 37.8. The summed E-state index contributed by atoms with van der Waals surface area (Å²) < 4.78 is 7.23. The van der Waals surface area contributed by atoms with Gasteiger partial charge in [0.15, 0.2) is 11.6 Å². The first-order chi connectivity index (χ1) is 34.2. The molecule has 0 saturated heterocycles. The molecule has 15 aromatic rings. The molecule has 0 aliphatic heterocycles. The Balaban J connectivity index is 0.997. The fourth-order valence-electron chi connectivity index (χ4n) is 11.1. The first-order valence-corrected chi connectivity index (χ1v) is 24.2. The van der Waals surface area contributed by atoms with Crippen molar-refractivity contribution in [3.05, 3.63) is 224 Å². The minimum absolute atomic E-state index is 0.564. The highest BCUT2D eigenvalue weighted by atomic mass is 32.1. The highest BCUT2D eigenvalue weighted by Gasteiger charge is 2.24. The van der Waals surface area contributed by atoms with Gasteiger partial charge in [0.2, 0.25) is 5.95 Å². The van der Waals surface area contributed by atoms with Crippen LogP contribution in [0.3, 0.4) is 0 Å². The van der Waals surface area contributed by atoms with Gasteiger partial charge in [0.1, 0.15) is 0 Å². The summed E-state index contributed by atoms with van der Waals surface area (Å²) in [4.78, 5) is 16.1. The number of hydrogen-bond donors (Lipinski definition) is 0. The molecule has 11 aromatic carbocycles. The van der Waals surface area contributed by atoms with E-state index in [9.17, 15) is 0 Å². The standard InChI is InChI=1S/C63H37N5S/c1-2-15-38(16-3-1)61-64-62(41-30-34-58-54(37-41)50-25-10-13-28-57(50)69-58)66-63(65-61)68-56-27-12-9-24-49(56)52-33-32-51-48-23-8-11-26-55(48)67(59(51)60(52)68)42-18-14-17-39(35-42)40-29-31-47-45-21-5-4-19-43(45)44-20-6-7-22-46(44)53(47)36-40/h1-37H. The van der Waals surface area contributed by atoms with Crippen LogP contribution in [0.15, 0.2) is 224 Å². The molecule has 69 heavy (non-hydrogen) atoms. The molecule has 15 rings (SSSR count). The highest BCUT2D eigenvalue weighted by Crippen LogP contribution is 2.43. The first-order valence-electron chi connectivity index (χ1n) is 23.3. The van der Waals surface area contributed by atoms with Crippen LogP contribution in [0.25, 0.3) is 142 Å². The van der Waals surface area contributed by atoms with Crippen LogP contribution in [-0.2, 0) is 0 Å². The van der Waals surface area contributed by atoms with Gasteiger partial charge in [-0.3, -0.25) is 4.57 Å². The summed E-state index contributed by atoms with van der Waals surface area (Å²) in [7, 11) is 0. The number of benzene rings is 11. The van der Waals surface area contributed by atoms with E-state index in [2.05, 4.69) is 215 Å². The molecule has 0 unspecified atom stereocenters. The van der Waals surface area contributed by atoms with Crippen LogP contribution in [0.1, 0.15) is 0 Å². The van der Waals surface area contributed by atoms with Gasteiger partial charge in [0.25, 0.3) is 0 Å². The Labute approximate surface area is 399 Å². The van der Waals surface area contributed by atoms with E-state index in [4.69, 9.17) is 15.0 Å². The lowest BCUT2D eigenvalue weighted by atomic mass is 9.92. The lowest BCUT2D eigenvalue weighted by Crippen LogP contribution is -2.07. The molecule has 0 saturated carbocycles. The molecule has 0 aliphatic carbocycles. The van der Waals surface area contributed by atoms with Gasteiger partial charge < -0.3 is 4.57 Å². The van der Waals surface area contributed by atoms with Crippen molar-refractivity contribution in [2.24, 2.45) is 0 Å². The van der Waals surface area contributed by atoms with Gasteiger partial charge in [0, 0.05) is 58.5 Å². The zero-order chi connectivity index (χ0) is 45.2. The van der Waals surface area contributed by atoms with Crippen molar-refractivity contribution in [2.75, 3.05) is 0 Å². The Morgan fingerprint density at radius 2 is 0.754 bits per heavy atom. The topological polar surface area (TPSA) is 48.5 Å². The lowest BCUT2D eigenvalue weighted by Gasteiger charge is -2.15. The van der Waals surface area contributed by atoms with Crippen LogP contribution < -0.4 is 0 Å². The van der Waals surface area contributed by atoms with Crippen LogP contribution >= 0.6 is 11.3 Å². The second-order valence-corrected chi connectivity index (χ2v) is 19.0. The number of thiophene rings is 1. The summed E-state index contributed by atoms with van der Waals surface area (Å²) in [5, 5.41) is 14.6. The summed E-state index contributed by atoms with van der Waals surface area (Å²) in [5.74, 6) is 1.81. The van der Waals surface area contributed by atoms with Crippen LogP contribution in [0.4, 0.5) is 0 Å². The second-order valence-electron chi connectivity index (χ2n) is 17.9. The minimum atomic E-state index is 0.564. The number of para-hydroxylation sites is 2. The molecule has 0 bridgehead atoms. The summed E-state index contributed by atoms with van der Waals surface area (Å²) >= 11 is 1.81. The summed E-state index contributed by atoms with van der Waals surface area (Å²) in [5.41, 5.74) is 9.54. The molecule has 4 heterocycles. The molecule has 0 N–H and O–H groups in total. The average Bonchev–Trinajstić information content (AvgIpc) is 4.09. The normalized spacial score (nSPS) is 12.1. The van der Waals surface area contributed by atoms with E-state index in [1.807, 2.05) is 29.5 Å². The Kier molecular flexibility index (Phi) is 8.17. The van der Waals surface area contributed by atoms with Gasteiger partial charge in [-0.1, -0.05) is 170 Å². The molecule has 6 heteroatoms. The fourth-order valence-corrected chi connectivity index (χ4v) is 12.2. The monoisotopic (exact) mass is 895 g/mol. The quantitative estimate of drug-likeness (QED) is 0.162. The molecule has 0 aliphatic rings. The predicted molar refractivity (Wildman–Crippen MR) is 290 cm³/mol. The smallest absolute Gasteiger partial charge is 0.238 e. The third-order valence-electron chi connectivity index (χ3n) is 14.1. The zero-order valence-electron chi connectivity index (χ0n) is 37.0. The molecule has 0 spiro atoms. The van der Waals surface area contributed by atoms with Gasteiger partial charge in [-0.05, 0) is 98.0 Å². The van der Waals surface area contributed by atoms with E-state index in [0.29, 0.717) is 17.6 Å². The van der Waals surface area contributed by atoms with E-state index in [-0.39, 0.29) is 0 Å². The molecule has 0 amide bonds. The maximum Gasteiger partial charge on any atom is 0.238 e. The minimum Gasteiger partial charge on any atom is -0.307 e. The van der Waals surface area contributed by atoms with Crippen LogP contribution in [0, 0.1) is 0 Å². The van der Waals surface area contributed by atoms with Crippen molar-refractivity contribution in [1.82, 2.24) is 24.1 Å². The maximum atomic E-state index is 5.46. The Hall–Kier alpha value is -8.97. The molecule has 4 aromatic heterocycles. The van der Waals surface area contributed by atoms with Crippen LogP contribution in [0.2, 0.25) is 0 Å². The van der Waals surface area contributed by atoms with Crippen molar-refractivity contribution in [3.63, 3.8) is 0 Å². The van der Waals surface area contributed by atoms with Crippen molar-refractivity contribution in [3.8, 4) is 45.5 Å². The Bertz CT molecular complexity index is 4580. The van der Waals surface area contributed by atoms with Crippen LogP contribution in [-0.4, -0.2) is 24.1 Å². The maximum absolute atomic E-state index is 5.46. The van der Waals surface area contributed by atoms with Crippen molar-refractivity contribution in [1.29, 1.82) is 0 Å². The molecule has 0 atom stereocenters. The number of rotatable bonds is 5. The molecule has 320 valence electrons. The third kappa shape index (κ3) is 5.73. The van der Waals surface area contributed by atoms with Gasteiger partial charge >= 0.3 is 0 Å². The van der Waals surface area contributed by atoms with Gasteiger partial charge in [-0.15, -0.1) is 11.3 Å². The lowest BCUT2D eigenvalue weighted by molar-refractivity contribution is 0.953. The van der Waals surface area contributed by atoms with Gasteiger partial charge in [-0.25, -0.2) is 4.98 Å². The van der Waals surface area contributed by atoms with E-state index in [1.54, 1.807) is 0 Å². The molecular weight excluding hydrogens is 859 g/mol. The number of aromatic nitrogens is 5. The average molecular weight is 896 g/mol. The largest absolute Gasteiger partial charge is 0.307 e. The number of fused-ring (bicyclic) bond motifs is 16. The second kappa shape index (κ2) is 14.8. The van der Waals surface area contributed by atoms with Gasteiger partial charge in [-0.2, -0.15) is 9.97 Å². The van der Waals surface area contributed by atoms with Crippen molar-refractivity contribution >= 4 is 107 Å². The first kappa shape index (κ1) is 38.2. The molecule has 0 radical (unpaired) electrons. The predicted octanol–water partition coefficient (Wildman–Crippen LogP) is 16.9. The van der Waals surface area contributed by atoms with E-state index >= 15 is 0 Å². The van der Waals surface area contributed by atoms with Crippen molar-refractivity contribution < 1.29 is 0 Å². The van der Waals surface area contributed by atoms with E-state index in [0.717, 1.165) is 60.6 Å². The molecular formula is C63H37N5S. The summed E-state index contributed by atoms with van der Waals surface area (Å²) in [6.07, 6.45) is 0.